The number of esters is 1. The summed E-state index contributed by atoms with van der Waals surface area (Å²) in [4.78, 5) is 11.9. The lowest BCUT2D eigenvalue weighted by Gasteiger charge is -2.13. The van der Waals surface area contributed by atoms with Crippen LogP contribution in [-0.2, 0) is 11.3 Å². The minimum absolute atomic E-state index is 0.409. The molecule has 0 fully saturated rings. The molecule has 1 N–H and O–H groups in total. The van der Waals surface area contributed by atoms with Gasteiger partial charge in [-0.25, -0.2) is 4.79 Å². The van der Waals surface area contributed by atoms with E-state index in [0.717, 1.165) is 5.56 Å². The van der Waals surface area contributed by atoms with E-state index in [-0.39, 0.29) is 0 Å². The van der Waals surface area contributed by atoms with Crippen LogP contribution in [0, 0.1) is 0 Å². The van der Waals surface area contributed by atoms with E-state index in [2.05, 4.69) is 29.6 Å². The molecule has 0 heterocycles. The van der Waals surface area contributed by atoms with Crippen LogP contribution in [0.25, 0.3) is 10.8 Å². The smallest absolute Gasteiger partial charge is 0.340 e. The van der Waals surface area contributed by atoms with Crippen LogP contribution in [0.4, 0.5) is 5.69 Å². The molecule has 3 aromatic carbocycles. The second-order valence-electron chi connectivity index (χ2n) is 5.17. The average molecular weight is 326 g/mol. The molecule has 0 aliphatic heterocycles. The molecule has 0 aliphatic rings. The summed E-state index contributed by atoms with van der Waals surface area (Å²) < 4.78 is 4.82. The zero-order chi connectivity index (χ0) is 16.2. The summed E-state index contributed by atoms with van der Waals surface area (Å²) in [5, 5.41) is 6.19. The van der Waals surface area contributed by atoms with Gasteiger partial charge in [-0.3, -0.25) is 0 Å². The third-order valence-electron chi connectivity index (χ3n) is 3.74. The van der Waals surface area contributed by atoms with Crippen molar-refractivity contribution in [3.63, 3.8) is 0 Å². The van der Waals surface area contributed by atoms with E-state index in [9.17, 15) is 4.79 Å². The predicted octanol–water partition coefficient (Wildman–Crippen LogP) is 4.89. The van der Waals surface area contributed by atoms with Gasteiger partial charge < -0.3 is 10.1 Å². The van der Waals surface area contributed by atoms with Crippen LogP contribution in [0.15, 0.2) is 60.7 Å². The molecule has 0 spiro atoms. The summed E-state index contributed by atoms with van der Waals surface area (Å²) in [6.07, 6.45) is 0. The third-order valence-corrected chi connectivity index (χ3v) is 3.97. The zero-order valence-corrected chi connectivity index (χ0v) is 13.4. The molecule has 0 bridgehead atoms. The number of rotatable bonds is 4. The van der Waals surface area contributed by atoms with E-state index in [0.29, 0.717) is 22.8 Å². The molecule has 0 aliphatic carbocycles. The molecule has 0 radical (unpaired) electrons. The summed E-state index contributed by atoms with van der Waals surface area (Å²) >= 11 is 5.98. The number of benzene rings is 3. The van der Waals surface area contributed by atoms with Crippen molar-refractivity contribution in [2.75, 3.05) is 12.4 Å². The van der Waals surface area contributed by atoms with Gasteiger partial charge in [0.2, 0.25) is 0 Å². The number of halogens is 1. The van der Waals surface area contributed by atoms with Gasteiger partial charge in [0.15, 0.2) is 0 Å². The number of fused-ring (bicyclic) bond motifs is 1. The van der Waals surface area contributed by atoms with Crippen LogP contribution < -0.4 is 5.32 Å². The number of methoxy groups -OCH3 is 1. The maximum absolute atomic E-state index is 11.9. The van der Waals surface area contributed by atoms with Crippen molar-refractivity contribution in [3.8, 4) is 0 Å². The maximum atomic E-state index is 11.9. The number of carbonyl (C=O) groups excluding carboxylic acids is 1. The fraction of sp³-hybridized carbons (Fsp3) is 0.105. The minimum atomic E-state index is -0.409. The normalized spacial score (nSPS) is 10.5. The van der Waals surface area contributed by atoms with Gasteiger partial charge in [0.25, 0.3) is 0 Å². The minimum Gasteiger partial charge on any atom is -0.465 e. The monoisotopic (exact) mass is 325 g/mol. The van der Waals surface area contributed by atoms with Crippen molar-refractivity contribution in [2.24, 2.45) is 0 Å². The Morgan fingerprint density at radius 3 is 2.70 bits per heavy atom. The van der Waals surface area contributed by atoms with E-state index in [1.54, 1.807) is 18.2 Å². The van der Waals surface area contributed by atoms with Crippen LogP contribution >= 0.6 is 11.6 Å². The Morgan fingerprint density at radius 1 is 1.09 bits per heavy atom. The molecular weight excluding hydrogens is 310 g/mol. The van der Waals surface area contributed by atoms with Crippen LogP contribution in [0.2, 0.25) is 5.02 Å². The van der Waals surface area contributed by atoms with Crippen molar-refractivity contribution in [3.05, 3.63) is 76.8 Å². The highest BCUT2D eigenvalue weighted by molar-refractivity contribution is 6.31. The molecule has 3 aromatic rings. The SMILES string of the molecule is COC(=O)c1cc(Cl)ccc1NCc1cccc2ccccc12. The molecule has 0 saturated heterocycles. The average Bonchev–Trinajstić information content (AvgIpc) is 2.60. The number of carbonyl (C=O) groups is 1. The van der Waals surface area contributed by atoms with Crippen molar-refractivity contribution >= 4 is 34.0 Å². The van der Waals surface area contributed by atoms with E-state index in [1.807, 2.05) is 18.2 Å². The maximum Gasteiger partial charge on any atom is 0.340 e. The lowest BCUT2D eigenvalue weighted by atomic mass is 10.0. The Morgan fingerprint density at radius 2 is 1.87 bits per heavy atom. The molecule has 3 nitrogen and oxygen atoms in total. The van der Waals surface area contributed by atoms with Crippen LogP contribution in [0.3, 0.4) is 0 Å². The summed E-state index contributed by atoms with van der Waals surface area (Å²) in [5.41, 5.74) is 2.29. The van der Waals surface area contributed by atoms with Gasteiger partial charge >= 0.3 is 5.97 Å². The fourth-order valence-corrected chi connectivity index (χ4v) is 2.76. The lowest BCUT2D eigenvalue weighted by Crippen LogP contribution is -2.08. The summed E-state index contributed by atoms with van der Waals surface area (Å²) in [7, 11) is 1.36. The van der Waals surface area contributed by atoms with Crippen LogP contribution in [-0.4, -0.2) is 13.1 Å². The van der Waals surface area contributed by atoms with E-state index in [1.165, 1.54) is 17.9 Å². The predicted molar refractivity (Wildman–Crippen MR) is 94.1 cm³/mol. The van der Waals surface area contributed by atoms with E-state index < -0.39 is 5.97 Å². The Labute approximate surface area is 139 Å². The highest BCUT2D eigenvalue weighted by Gasteiger charge is 2.12. The fourth-order valence-electron chi connectivity index (χ4n) is 2.59. The zero-order valence-electron chi connectivity index (χ0n) is 12.7. The van der Waals surface area contributed by atoms with Crippen molar-refractivity contribution in [1.29, 1.82) is 0 Å². The van der Waals surface area contributed by atoms with Crippen LogP contribution in [0.1, 0.15) is 15.9 Å². The summed E-state index contributed by atoms with van der Waals surface area (Å²) in [6, 6.07) is 19.6. The lowest BCUT2D eigenvalue weighted by molar-refractivity contribution is 0.0602. The molecule has 0 atom stereocenters. The van der Waals surface area contributed by atoms with Gasteiger partial charge in [-0.2, -0.15) is 0 Å². The van der Waals surface area contributed by atoms with Crippen LogP contribution in [0.5, 0.6) is 0 Å². The van der Waals surface area contributed by atoms with Gasteiger partial charge in [0, 0.05) is 17.3 Å². The first-order chi connectivity index (χ1) is 11.2. The van der Waals surface area contributed by atoms with Crippen molar-refractivity contribution in [1.82, 2.24) is 0 Å². The molecule has 23 heavy (non-hydrogen) atoms. The Hall–Kier alpha value is -2.52. The molecule has 0 unspecified atom stereocenters. The third kappa shape index (κ3) is 3.30. The Bertz CT molecular complexity index is 856. The van der Waals surface area contributed by atoms with Gasteiger partial charge in [0.05, 0.1) is 12.7 Å². The quantitative estimate of drug-likeness (QED) is 0.694. The first kappa shape index (κ1) is 15.4. The molecule has 116 valence electrons. The number of ether oxygens (including phenoxy) is 1. The first-order valence-corrected chi connectivity index (χ1v) is 7.65. The molecule has 0 aromatic heterocycles. The van der Waals surface area contributed by atoms with E-state index in [4.69, 9.17) is 16.3 Å². The Kier molecular flexibility index (Phi) is 4.49. The number of anilines is 1. The Balaban J connectivity index is 1.90. The molecule has 0 saturated carbocycles. The topological polar surface area (TPSA) is 38.3 Å². The van der Waals surface area contributed by atoms with E-state index >= 15 is 0 Å². The number of nitrogens with one attached hydrogen (secondary N) is 1. The molecule has 4 heteroatoms. The van der Waals surface area contributed by atoms with Gasteiger partial charge in [-0.15, -0.1) is 0 Å². The van der Waals surface area contributed by atoms with Gasteiger partial charge in [0.1, 0.15) is 0 Å². The summed E-state index contributed by atoms with van der Waals surface area (Å²) in [6.45, 7) is 0.604. The highest BCUT2D eigenvalue weighted by Crippen LogP contribution is 2.24. The second kappa shape index (κ2) is 6.71. The van der Waals surface area contributed by atoms with Crippen molar-refractivity contribution < 1.29 is 9.53 Å². The molecule has 3 rings (SSSR count). The first-order valence-electron chi connectivity index (χ1n) is 7.27. The molecular formula is C19H16ClNO2. The number of hydrogen-bond donors (Lipinski definition) is 1. The number of hydrogen-bond acceptors (Lipinski definition) is 3. The van der Waals surface area contributed by atoms with Gasteiger partial charge in [-0.1, -0.05) is 54.1 Å². The second-order valence-corrected chi connectivity index (χ2v) is 5.61. The highest BCUT2D eigenvalue weighted by atomic mass is 35.5. The summed E-state index contributed by atoms with van der Waals surface area (Å²) in [5.74, 6) is -0.409. The van der Waals surface area contributed by atoms with Gasteiger partial charge in [-0.05, 0) is 34.5 Å². The largest absolute Gasteiger partial charge is 0.465 e. The van der Waals surface area contributed by atoms with Crippen molar-refractivity contribution in [2.45, 2.75) is 6.54 Å². The molecule has 0 amide bonds. The standard InChI is InChI=1S/C19H16ClNO2/c1-23-19(22)17-11-15(20)9-10-18(17)21-12-14-7-4-6-13-5-2-3-8-16(13)14/h2-11,21H,12H2,1H3.